The normalized spacial score (nSPS) is 15.8. The molecule has 2 aromatic heterocycles. The average molecular weight is 505 g/mol. The van der Waals surface area contributed by atoms with Gasteiger partial charge in [-0.25, -0.2) is 4.98 Å². The van der Waals surface area contributed by atoms with Gasteiger partial charge in [0.05, 0.1) is 36.1 Å². The van der Waals surface area contributed by atoms with Gasteiger partial charge in [0.15, 0.2) is 28.1 Å². The number of furan rings is 1. The van der Waals surface area contributed by atoms with Crippen LogP contribution in [-0.4, -0.2) is 36.0 Å². The summed E-state index contributed by atoms with van der Waals surface area (Å²) < 4.78 is 17.3. The number of amides is 1. The number of hydrogen-bond acceptors (Lipinski definition) is 8. The number of carbonyl (C=O) groups is 2. The molecule has 4 aromatic rings. The summed E-state index contributed by atoms with van der Waals surface area (Å²) in [6, 6.07) is 11.4. The number of fused-ring (bicyclic) bond motifs is 1. The van der Waals surface area contributed by atoms with Gasteiger partial charge < -0.3 is 19.0 Å². The van der Waals surface area contributed by atoms with Crippen molar-refractivity contribution >= 4 is 38.4 Å². The van der Waals surface area contributed by atoms with Crippen molar-refractivity contribution in [2.45, 2.75) is 26.8 Å². The number of Topliss-reactive ketones (excluding diaryl/α,β-unsaturated/α-hetero) is 1. The summed E-state index contributed by atoms with van der Waals surface area (Å²) in [5.41, 5.74) is 3.27. The second-order valence-electron chi connectivity index (χ2n) is 8.62. The number of rotatable bonds is 6. The summed E-state index contributed by atoms with van der Waals surface area (Å²) in [4.78, 5) is 33.2. The number of anilines is 1. The molecule has 184 valence electrons. The third-order valence-electron chi connectivity index (χ3n) is 6.16. The van der Waals surface area contributed by atoms with Crippen LogP contribution in [0, 0.1) is 20.8 Å². The van der Waals surface area contributed by atoms with E-state index in [0.717, 1.165) is 21.3 Å². The van der Waals surface area contributed by atoms with E-state index in [4.69, 9.17) is 18.9 Å². The van der Waals surface area contributed by atoms with Gasteiger partial charge in [-0.3, -0.25) is 14.5 Å². The Kier molecular flexibility index (Phi) is 5.80. The predicted octanol–water partition coefficient (Wildman–Crippen LogP) is 5.61. The molecule has 1 aliphatic heterocycles. The molecule has 2 aromatic carbocycles. The van der Waals surface area contributed by atoms with E-state index < -0.39 is 23.5 Å². The summed E-state index contributed by atoms with van der Waals surface area (Å²) in [5, 5.41) is 11.4. The first-order chi connectivity index (χ1) is 17.2. The summed E-state index contributed by atoms with van der Waals surface area (Å²) in [7, 11) is 3.02. The van der Waals surface area contributed by atoms with Crippen molar-refractivity contribution in [3.8, 4) is 11.5 Å². The van der Waals surface area contributed by atoms with Crippen molar-refractivity contribution < 1.29 is 28.6 Å². The minimum atomic E-state index is -0.961. The monoisotopic (exact) mass is 504 g/mol. The number of benzene rings is 2. The molecular formula is C27H24N2O6S. The fourth-order valence-electron chi connectivity index (χ4n) is 4.52. The number of aliphatic hydroxyl groups is 1. The quantitative estimate of drug-likeness (QED) is 0.340. The van der Waals surface area contributed by atoms with Crippen molar-refractivity contribution in [2.75, 3.05) is 19.1 Å². The minimum absolute atomic E-state index is 0.0324. The number of aromatic nitrogens is 1. The Bertz CT molecular complexity index is 1560. The zero-order chi connectivity index (χ0) is 25.7. The summed E-state index contributed by atoms with van der Waals surface area (Å²) >= 11 is 1.32. The minimum Gasteiger partial charge on any atom is -0.503 e. The number of aliphatic hydroxyl groups excluding tert-OH is 1. The van der Waals surface area contributed by atoms with Crippen LogP contribution in [0.3, 0.4) is 0 Å². The van der Waals surface area contributed by atoms with E-state index in [1.165, 1.54) is 36.5 Å². The maximum Gasteiger partial charge on any atom is 0.296 e. The third kappa shape index (κ3) is 3.72. The molecule has 1 atom stereocenters. The molecule has 0 aliphatic carbocycles. The van der Waals surface area contributed by atoms with E-state index in [9.17, 15) is 14.7 Å². The highest BCUT2D eigenvalue weighted by atomic mass is 32.1. The van der Waals surface area contributed by atoms with Crippen LogP contribution in [0.4, 0.5) is 5.13 Å². The molecule has 5 rings (SSSR count). The molecule has 0 bridgehead atoms. The van der Waals surface area contributed by atoms with Crippen molar-refractivity contribution in [2.24, 2.45) is 0 Å². The van der Waals surface area contributed by atoms with Crippen LogP contribution in [0.1, 0.15) is 39.0 Å². The Morgan fingerprint density at radius 2 is 1.81 bits per heavy atom. The Morgan fingerprint density at radius 3 is 2.47 bits per heavy atom. The lowest BCUT2D eigenvalue weighted by molar-refractivity contribution is -0.117. The molecule has 9 heteroatoms. The zero-order valence-electron chi connectivity index (χ0n) is 20.4. The van der Waals surface area contributed by atoms with Crippen molar-refractivity contribution in [1.82, 2.24) is 4.98 Å². The number of thiazole rings is 1. The summed E-state index contributed by atoms with van der Waals surface area (Å²) in [5.74, 6) is -0.444. The Hall–Kier alpha value is -4.11. The lowest BCUT2D eigenvalue weighted by Gasteiger charge is -2.25. The summed E-state index contributed by atoms with van der Waals surface area (Å²) in [6.45, 7) is 5.67. The highest BCUT2D eigenvalue weighted by Gasteiger charge is 2.46. The number of ether oxygens (including phenoxy) is 2. The first-order valence-corrected chi connectivity index (χ1v) is 12.0. The second kappa shape index (κ2) is 8.83. The predicted molar refractivity (Wildman–Crippen MR) is 136 cm³/mol. The molecule has 0 saturated carbocycles. The van der Waals surface area contributed by atoms with Gasteiger partial charge in [0.1, 0.15) is 5.76 Å². The van der Waals surface area contributed by atoms with Crippen molar-refractivity contribution in [3.05, 3.63) is 82.0 Å². The van der Waals surface area contributed by atoms with Crippen molar-refractivity contribution in [1.29, 1.82) is 0 Å². The standard InChI is InChI=1S/C27H24N2O6S/c1-13-10-14(2)22-20(11-13)36-27(28-22)29-23(16-7-9-17(33-4)19(12-16)34-5)21(25(31)26(29)32)24(30)18-8-6-15(3)35-18/h6-12,23,31H,1-5H3/t23-/m0/s1. The zero-order valence-corrected chi connectivity index (χ0v) is 21.2. The van der Waals surface area contributed by atoms with E-state index >= 15 is 0 Å². The molecule has 0 spiro atoms. The topological polar surface area (TPSA) is 102 Å². The van der Waals surface area contributed by atoms with Crippen LogP contribution in [0.15, 0.2) is 58.2 Å². The van der Waals surface area contributed by atoms with E-state index in [1.807, 2.05) is 26.0 Å². The highest BCUT2D eigenvalue weighted by molar-refractivity contribution is 7.22. The fourth-order valence-corrected chi connectivity index (χ4v) is 5.69. The molecule has 0 saturated heterocycles. The van der Waals surface area contributed by atoms with Crippen molar-refractivity contribution in [3.63, 3.8) is 0 Å². The SMILES string of the molecule is COc1ccc([C@H]2C(C(=O)c3ccc(C)o3)=C(O)C(=O)N2c2nc3c(C)cc(C)cc3s2)cc1OC. The highest BCUT2D eigenvalue weighted by Crippen LogP contribution is 2.46. The van der Waals surface area contributed by atoms with Gasteiger partial charge in [-0.15, -0.1) is 0 Å². The Labute approximate surface area is 211 Å². The van der Waals surface area contributed by atoms with Crippen LogP contribution in [0.2, 0.25) is 0 Å². The fraction of sp³-hybridized carbons (Fsp3) is 0.222. The largest absolute Gasteiger partial charge is 0.503 e. The molecule has 0 unspecified atom stereocenters. The van der Waals surface area contributed by atoms with Gasteiger partial charge in [0.2, 0.25) is 5.78 Å². The first-order valence-electron chi connectivity index (χ1n) is 11.2. The first kappa shape index (κ1) is 23.6. The molecular weight excluding hydrogens is 480 g/mol. The number of carbonyl (C=O) groups excluding carboxylic acids is 2. The Morgan fingerprint density at radius 1 is 1.06 bits per heavy atom. The van der Waals surface area contributed by atoms with E-state index in [0.29, 0.717) is 28.0 Å². The maximum atomic E-state index is 13.6. The number of methoxy groups -OCH3 is 2. The second-order valence-corrected chi connectivity index (χ2v) is 9.63. The molecule has 0 radical (unpaired) electrons. The molecule has 1 N–H and O–H groups in total. The van der Waals surface area contributed by atoms with Gasteiger partial charge in [-0.05, 0) is 67.8 Å². The third-order valence-corrected chi connectivity index (χ3v) is 7.17. The van der Waals surface area contributed by atoms with E-state index in [-0.39, 0.29) is 11.3 Å². The number of hydrogen-bond donors (Lipinski definition) is 1. The van der Waals surface area contributed by atoms with Gasteiger partial charge in [-0.2, -0.15) is 0 Å². The number of nitrogens with zero attached hydrogens (tertiary/aromatic N) is 2. The smallest absolute Gasteiger partial charge is 0.296 e. The Balaban J connectivity index is 1.71. The van der Waals surface area contributed by atoms with Crippen LogP contribution in [0.5, 0.6) is 11.5 Å². The molecule has 3 heterocycles. The lowest BCUT2D eigenvalue weighted by Crippen LogP contribution is -2.31. The molecule has 0 fully saturated rings. The molecule has 36 heavy (non-hydrogen) atoms. The summed E-state index contributed by atoms with van der Waals surface area (Å²) in [6.07, 6.45) is 0. The number of ketones is 1. The van der Waals surface area contributed by atoms with Crippen LogP contribution >= 0.6 is 11.3 Å². The average Bonchev–Trinajstić information content (AvgIpc) is 3.54. The van der Waals surface area contributed by atoms with E-state index in [2.05, 4.69) is 0 Å². The van der Waals surface area contributed by atoms with Crippen LogP contribution < -0.4 is 14.4 Å². The lowest BCUT2D eigenvalue weighted by atomic mass is 9.95. The van der Waals surface area contributed by atoms with Gasteiger partial charge in [-0.1, -0.05) is 23.5 Å². The van der Waals surface area contributed by atoms with Gasteiger partial charge >= 0.3 is 0 Å². The van der Waals surface area contributed by atoms with Gasteiger partial charge in [0, 0.05) is 0 Å². The van der Waals surface area contributed by atoms with Crippen LogP contribution in [-0.2, 0) is 4.79 Å². The molecule has 1 aliphatic rings. The maximum absolute atomic E-state index is 13.6. The van der Waals surface area contributed by atoms with E-state index in [1.54, 1.807) is 31.2 Å². The van der Waals surface area contributed by atoms with Gasteiger partial charge in [0.25, 0.3) is 5.91 Å². The number of aryl methyl sites for hydroxylation is 3. The molecule has 1 amide bonds. The molecule has 8 nitrogen and oxygen atoms in total. The van der Waals surface area contributed by atoms with Crippen LogP contribution in [0.25, 0.3) is 10.2 Å².